The highest BCUT2D eigenvalue weighted by Gasteiger charge is 2.29. The number of carbonyl (C=O) groups excluding carboxylic acids is 1. The summed E-state index contributed by atoms with van der Waals surface area (Å²) >= 11 is 0. The van der Waals surface area contributed by atoms with Crippen LogP contribution in [-0.4, -0.2) is 24.8 Å². The van der Waals surface area contributed by atoms with Crippen LogP contribution in [0.1, 0.15) is 37.0 Å². The SMILES string of the molecule is CCOC(=O)CNc1ccc(/C(CC)=N/OCc2ccc(C(F)(F)F)cc2)cc1. The van der Waals surface area contributed by atoms with Gasteiger partial charge in [-0.2, -0.15) is 13.2 Å². The molecular weight excluding hydrogens is 385 g/mol. The molecule has 0 amide bonds. The fraction of sp³-hybridized carbons (Fsp3) is 0.333. The molecule has 0 bridgehead atoms. The van der Waals surface area contributed by atoms with Gasteiger partial charge in [0.15, 0.2) is 0 Å². The first kappa shape index (κ1) is 22.3. The quantitative estimate of drug-likeness (QED) is 0.360. The Bertz CT molecular complexity index is 817. The average Bonchev–Trinajstić information content (AvgIpc) is 2.70. The number of anilines is 1. The van der Waals surface area contributed by atoms with Crippen LogP contribution in [0.15, 0.2) is 53.7 Å². The molecule has 0 aliphatic carbocycles. The predicted octanol–water partition coefficient (Wildman–Crippen LogP) is 5.01. The second kappa shape index (κ2) is 10.5. The van der Waals surface area contributed by atoms with Crippen molar-refractivity contribution in [2.75, 3.05) is 18.5 Å². The van der Waals surface area contributed by atoms with E-state index < -0.39 is 11.7 Å². The number of nitrogens with zero attached hydrogens (tertiary/aromatic N) is 1. The van der Waals surface area contributed by atoms with E-state index in [4.69, 9.17) is 9.57 Å². The van der Waals surface area contributed by atoms with Crippen LogP contribution >= 0.6 is 0 Å². The van der Waals surface area contributed by atoms with Gasteiger partial charge in [-0.05, 0) is 48.7 Å². The van der Waals surface area contributed by atoms with Gasteiger partial charge in [0, 0.05) is 5.69 Å². The molecule has 5 nitrogen and oxygen atoms in total. The molecule has 0 heterocycles. The standard InChI is InChI=1S/C21H23F3N2O3/c1-3-19(16-7-11-18(12-8-16)25-13-20(27)28-4-2)26-29-14-15-5-9-17(10-6-15)21(22,23)24/h5-12,25H,3-4,13-14H2,1-2H3/b26-19+. The lowest BCUT2D eigenvalue weighted by Crippen LogP contribution is -2.16. The van der Waals surface area contributed by atoms with Gasteiger partial charge in [0.2, 0.25) is 0 Å². The maximum absolute atomic E-state index is 12.6. The van der Waals surface area contributed by atoms with Gasteiger partial charge in [0.05, 0.1) is 17.9 Å². The fourth-order valence-corrected chi connectivity index (χ4v) is 2.46. The van der Waals surface area contributed by atoms with Crippen molar-refractivity contribution in [3.05, 3.63) is 65.2 Å². The summed E-state index contributed by atoms with van der Waals surface area (Å²) in [6.07, 6.45) is -3.74. The highest BCUT2D eigenvalue weighted by atomic mass is 19.4. The molecule has 8 heteroatoms. The lowest BCUT2D eigenvalue weighted by molar-refractivity contribution is -0.141. The van der Waals surface area contributed by atoms with Crippen LogP contribution in [0.5, 0.6) is 0 Å². The third-order valence-corrected chi connectivity index (χ3v) is 3.98. The Morgan fingerprint density at radius 3 is 2.24 bits per heavy atom. The van der Waals surface area contributed by atoms with Crippen molar-refractivity contribution < 1.29 is 27.5 Å². The Kier molecular flexibility index (Phi) is 8.06. The van der Waals surface area contributed by atoms with Gasteiger partial charge in [0.1, 0.15) is 13.2 Å². The van der Waals surface area contributed by atoms with Crippen molar-refractivity contribution in [3.63, 3.8) is 0 Å². The van der Waals surface area contributed by atoms with Crippen LogP contribution in [0.3, 0.4) is 0 Å². The Morgan fingerprint density at radius 1 is 1.03 bits per heavy atom. The number of ether oxygens (including phenoxy) is 1. The topological polar surface area (TPSA) is 59.9 Å². The molecule has 0 aliphatic heterocycles. The Balaban J connectivity index is 1.93. The minimum absolute atomic E-state index is 0.0703. The number of benzene rings is 2. The summed E-state index contributed by atoms with van der Waals surface area (Å²) in [6, 6.07) is 12.1. The first-order chi connectivity index (χ1) is 13.8. The third-order valence-electron chi connectivity index (χ3n) is 3.98. The number of oxime groups is 1. The van der Waals surface area contributed by atoms with Crippen LogP contribution < -0.4 is 5.32 Å². The van der Waals surface area contributed by atoms with Crippen LogP contribution in [0, 0.1) is 0 Å². The molecule has 0 saturated carbocycles. The summed E-state index contributed by atoms with van der Waals surface area (Å²) in [6.45, 7) is 4.16. The first-order valence-electron chi connectivity index (χ1n) is 9.18. The summed E-state index contributed by atoms with van der Waals surface area (Å²) < 4.78 is 42.6. The van der Waals surface area contributed by atoms with Gasteiger partial charge in [-0.3, -0.25) is 4.79 Å². The smallest absolute Gasteiger partial charge is 0.416 e. The van der Waals surface area contributed by atoms with E-state index in [0.717, 1.165) is 23.4 Å². The Hall–Kier alpha value is -3.03. The van der Waals surface area contributed by atoms with E-state index in [0.29, 0.717) is 24.3 Å². The largest absolute Gasteiger partial charge is 0.465 e. The summed E-state index contributed by atoms with van der Waals surface area (Å²) in [5.41, 5.74) is 2.21. The van der Waals surface area contributed by atoms with Crippen molar-refractivity contribution >= 4 is 17.4 Å². The zero-order valence-corrected chi connectivity index (χ0v) is 16.3. The molecule has 156 valence electrons. The van der Waals surface area contributed by atoms with E-state index in [1.54, 1.807) is 6.92 Å². The van der Waals surface area contributed by atoms with Gasteiger partial charge in [-0.1, -0.05) is 36.3 Å². The number of rotatable bonds is 9. The molecule has 1 N–H and O–H groups in total. The molecule has 0 radical (unpaired) electrons. The lowest BCUT2D eigenvalue weighted by atomic mass is 10.1. The molecule has 0 spiro atoms. The summed E-state index contributed by atoms with van der Waals surface area (Å²) in [4.78, 5) is 16.7. The normalized spacial score (nSPS) is 11.8. The van der Waals surface area contributed by atoms with Gasteiger partial charge >= 0.3 is 12.1 Å². The highest BCUT2D eigenvalue weighted by molar-refractivity contribution is 6.00. The van der Waals surface area contributed by atoms with Crippen molar-refractivity contribution in [2.45, 2.75) is 33.1 Å². The van der Waals surface area contributed by atoms with Crippen molar-refractivity contribution in [2.24, 2.45) is 5.16 Å². The summed E-state index contributed by atoms with van der Waals surface area (Å²) in [5.74, 6) is -0.330. The van der Waals surface area contributed by atoms with E-state index in [1.165, 1.54) is 12.1 Å². The number of carbonyl (C=O) groups is 1. The second-order valence-electron chi connectivity index (χ2n) is 6.10. The number of esters is 1. The molecule has 0 aliphatic rings. The third kappa shape index (κ3) is 7.14. The average molecular weight is 408 g/mol. The number of alkyl halides is 3. The van der Waals surface area contributed by atoms with Crippen molar-refractivity contribution in [3.8, 4) is 0 Å². The predicted molar refractivity (Wildman–Crippen MR) is 105 cm³/mol. The van der Waals surface area contributed by atoms with Gasteiger partial charge in [0.25, 0.3) is 0 Å². The molecule has 0 atom stereocenters. The molecule has 29 heavy (non-hydrogen) atoms. The van der Waals surface area contributed by atoms with Crippen molar-refractivity contribution in [1.82, 2.24) is 0 Å². The molecule has 0 saturated heterocycles. The monoisotopic (exact) mass is 408 g/mol. The summed E-state index contributed by atoms with van der Waals surface area (Å²) in [5, 5.41) is 7.07. The van der Waals surface area contributed by atoms with Gasteiger partial charge in [-0.15, -0.1) is 0 Å². The van der Waals surface area contributed by atoms with E-state index in [9.17, 15) is 18.0 Å². The van der Waals surface area contributed by atoms with E-state index in [-0.39, 0.29) is 19.1 Å². The fourth-order valence-electron chi connectivity index (χ4n) is 2.46. The maximum atomic E-state index is 12.6. The molecule has 2 rings (SSSR count). The first-order valence-corrected chi connectivity index (χ1v) is 9.18. The lowest BCUT2D eigenvalue weighted by Gasteiger charge is -2.09. The minimum Gasteiger partial charge on any atom is -0.465 e. The second-order valence-corrected chi connectivity index (χ2v) is 6.10. The number of hydrogen-bond acceptors (Lipinski definition) is 5. The number of hydrogen-bond donors (Lipinski definition) is 1. The molecule has 0 aromatic heterocycles. The molecule has 2 aromatic rings. The highest BCUT2D eigenvalue weighted by Crippen LogP contribution is 2.29. The zero-order valence-electron chi connectivity index (χ0n) is 16.3. The minimum atomic E-state index is -4.36. The molecule has 0 unspecified atom stereocenters. The Labute approximate surface area is 167 Å². The molecule has 2 aromatic carbocycles. The van der Waals surface area contributed by atoms with Crippen LogP contribution in [0.2, 0.25) is 0 Å². The van der Waals surface area contributed by atoms with Crippen LogP contribution in [-0.2, 0) is 27.2 Å². The van der Waals surface area contributed by atoms with E-state index >= 15 is 0 Å². The zero-order chi connectivity index (χ0) is 21.3. The van der Waals surface area contributed by atoms with E-state index in [2.05, 4.69) is 10.5 Å². The van der Waals surface area contributed by atoms with Gasteiger partial charge < -0.3 is 14.9 Å². The number of halogens is 3. The van der Waals surface area contributed by atoms with Gasteiger partial charge in [-0.25, -0.2) is 0 Å². The maximum Gasteiger partial charge on any atom is 0.416 e. The van der Waals surface area contributed by atoms with Crippen LogP contribution in [0.25, 0.3) is 0 Å². The molecular formula is C21H23F3N2O3. The molecule has 0 fully saturated rings. The summed E-state index contributed by atoms with van der Waals surface area (Å²) in [7, 11) is 0. The van der Waals surface area contributed by atoms with E-state index in [1.807, 2.05) is 31.2 Å². The van der Waals surface area contributed by atoms with Crippen molar-refractivity contribution in [1.29, 1.82) is 0 Å². The van der Waals surface area contributed by atoms with Crippen LogP contribution in [0.4, 0.5) is 18.9 Å². The number of nitrogens with one attached hydrogen (secondary N) is 1. The Morgan fingerprint density at radius 2 is 1.69 bits per heavy atom.